The first-order valence-electron chi connectivity index (χ1n) is 13.4. The molecule has 1 aliphatic rings. The molecule has 1 aromatic heterocycles. The Bertz CT molecular complexity index is 1640. The molecule has 0 spiro atoms. The van der Waals surface area contributed by atoms with E-state index in [1.165, 1.54) is 4.90 Å². The highest BCUT2D eigenvalue weighted by Gasteiger charge is 2.47. The van der Waals surface area contributed by atoms with Gasteiger partial charge in [-0.25, -0.2) is 0 Å². The number of Topliss-reactive ketones (excluding diaryl/α,β-unsaturated/α-hetero) is 1. The minimum absolute atomic E-state index is 0.00561. The van der Waals surface area contributed by atoms with Gasteiger partial charge >= 0.3 is 0 Å². The Labute approximate surface area is 239 Å². The van der Waals surface area contributed by atoms with E-state index in [2.05, 4.69) is 4.98 Å². The molecule has 0 saturated carbocycles. The highest BCUT2D eigenvalue weighted by Crippen LogP contribution is 2.43. The fourth-order valence-corrected chi connectivity index (χ4v) is 5.17. The molecule has 0 radical (unpaired) electrons. The summed E-state index contributed by atoms with van der Waals surface area (Å²) in [6, 6.07) is 21.0. The molecule has 208 valence electrons. The molecule has 1 unspecified atom stereocenters. The molecule has 1 N–H and O–H groups in total. The first-order valence-corrected chi connectivity index (χ1v) is 13.4. The Kier molecular flexibility index (Phi) is 7.62. The molecule has 1 atom stereocenters. The summed E-state index contributed by atoms with van der Waals surface area (Å²) in [6.45, 7) is 7.88. The first kappa shape index (κ1) is 27.6. The maximum Gasteiger partial charge on any atom is 0.300 e. The van der Waals surface area contributed by atoms with Crippen molar-refractivity contribution in [2.45, 2.75) is 39.7 Å². The van der Waals surface area contributed by atoms with Crippen molar-refractivity contribution in [1.82, 2.24) is 4.98 Å². The molecule has 1 saturated heterocycles. The average Bonchev–Trinajstić information content (AvgIpc) is 3.23. The van der Waals surface area contributed by atoms with E-state index < -0.39 is 17.7 Å². The van der Waals surface area contributed by atoms with Crippen LogP contribution in [-0.4, -0.2) is 28.9 Å². The van der Waals surface area contributed by atoms with Gasteiger partial charge in [0.1, 0.15) is 23.0 Å². The number of aromatic nitrogens is 1. The zero-order valence-corrected chi connectivity index (χ0v) is 23.7. The molecule has 4 aromatic rings. The van der Waals surface area contributed by atoms with Crippen LogP contribution in [0.2, 0.25) is 0 Å². The zero-order valence-electron chi connectivity index (χ0n) is 23.7. The number of aryl methyl sites for hydroxylation is 2. The molecule has 7 heteroatoms. The maximum absolute atomic E-state index is 13.6. The number of benzene rings is 3. The number of methoxy groups -OCH3 is 1. The number of amides is 1. The summed E-state index contributed by atoms with van der Waals surface area (Å²) in [5.74, 6) is 0.357. The van der Waals surface area contributed by atoms with Crippen molar-refractivity contribution in [1.29, 1.82) is 0 Å². The maximum atomic E-state index is 13.6. The Morgan fingerprint density at radius 1 is 0.951 bits per heavy atom. The number of anilines is 1. The molecule has 3 aromatic carbocycles. The number of aliphatic hydroxyl groups excluding tert-OH is 1. The van der Waals surface area contributed by atoms with Gasteiger partial charge in [-0.3, -0.25) is 19.5 Å². The summed E-state index contributed by atoms with van der Waals surface area (Å²) in [5, 5.41) is 11.7. The monoisotopic (exact) mass is 548 g/mol. The van der Waals surface area contributed by atoms with E-state index in [1.807, 2.05) is 64.1 Å². The largest absolute Gasteiger partial charge is 0.507 e. The number of aliphatic hydroxyl groups is 1. The number of hydrogen-bond donors (Lipinski definition) is 1. The fourth-order valence-electron chi connectivity index (χ4n) is 5.17. The van der Waals surface area contributed by atoms with Gasteiger partial charge in [0, 0.05) is 23.6 Å². The summed E-state index contributed by atoms with van der Waals surface area (Å²) >= 11 is 0. The first-order chi connectivity index (χ1) is 19.7. The molecule has 0 aliphatic carbocycles. The van der Waals surface area contributed by atoms with Gasteiger partial charge < -0.3 is 14.6 Å². The van der Waals surface area contributed by atoms with Gasteiger partial charge in [0.05, 0.1) is 18.7 Å². The van der Waals surface area contributed by atoms with Crippen molar-refractivity contribution < 1.29 is 24.2 Å². The molecule has 5 rings (SSSR count). The van der Waals surface area contributed by atoms with Crippen LogP contribution in [-0.2, 0) is 9.59 Å². The van der Waals surface area contributed by atoms with Crippen molar-refractivity contribution in [2.75, 3.05) is 12.0 Å². The number of rotatable bonds is 7. The van der Waals surface area contributed by atoms with Gasteiger partial charge in [-0.1, -0.05) is 32.0 Å². The molecular weight excluding hydrogens is 516 g/mol. The summed E-state index contributed by atoms with van der Waals surface area (Å²) in [4.78, 5) is 32.8. The van der Waals surface area contributed by atoms with Gasteiger partial charge in [0.15, 0.2) is 0 Å². The molecule has 1 aliphatic heterocycles. The van der Waals surface area contributed by atoms with Gasteiger partial charge in [0.2, 0.25) is 0 Å². The van der Waals surface area contributed by atoms with Gasteiger partial charge in [0.25, 0.3) is 11.7 Å². The zero-order chi connectivity index (χ0) is 29.3. The third-order valence-electron chi connectivity index (χ3n) is 7.24. The van der Waals surface area contributed by atoms with Crippen molar-refractivity contribution in [2.24, 2.45) is 0 Å². The van der Waals surface area contributed by atoms with Crippen molar-refractivity contribution in [3.63, 3.8) is 0 Å². The lowest BCUT2D eigenvalue weighted by molar-refractivity contribution is -0.132. The second-order valence-corrected chi connectivity index (χ2v) is 10.4. The predicted octanol–water partition coefficient (Wildman–Crippen LogP) is 7.25. The van der Waals surface area contributed by atoms with Crippen molar-refractivity contribution in [3.05, 3.63) is 119 Å². The molecule has 7 nitrogen and oxygen atoms in total. The lowest BCUT2D eigenvalue weighted by Gasteiger charge is -2.25. The highest BCUT2D eigenvalue weighted by atomic mass is 16.5. The molecule has 41 heavy (non-hydrogen) atoms. The smallest absolute Gasteiger partial charge is 0.300 e. The fraction of sp³-hybridized carbons (Fsp3) is 0.206. The molecule has 1 amide bonds. The van der Waals surface area contributed by atoms with E-state index in [-0.39, 0.29) is 17.3 Å². The Morgan fingerprint density at radius 3 is 2.34 bits per heavy atom. The SMILES string of the molecule is COc1cc(C)c(/C(O)=C2\C(=O)C(=O)N(c3ccc(Oc4cccc(C)c4)cc3)C2c2cccnc2)cc1C(C)C. The van der Waals surface area contributed by atoms with E-state index in [4.69, 9.17) is 9.47 Å². The predicted molar refractivity (Wildman–Crippen MR) is 159 cm³/mol. The third kappa shape index (κ3) is 5.31. The van der Waals surface area contributed by atoms with E-state index >= 15 is 0 Å². The van der Waals surface area contributed by atoms with Crippen LogP contribution in [0.1, 0.15) is 53.6 Å². The number of pyridine rings is 1. The van der Waals surface area contributed by atoms with Crippen LogP contribution in [0.15, 0.2) is 90.8 Å². The van der Waals surface area contributed by atoms with Gasteiger partial charge in [-0.15, -0.1) is 0 Å². The summed E-state index contributed by atoms with van der Waals surface area (Å²) in [6.07, 6.45) is 3.22. The number of carbonyl (C=O) groups excluding carboxylic acids is 2. The van der Waals surface area contributed by atoms with Crippen LogP contribution in [0.3, 0.4) is 0 Å². The number of nitrogens with zero attached hydrogens (tertiary/aromatic N) is 2. The van der Waals surface area contributed by atoms with Crippen LogP contribution >= 0.6 is 0 Å². The topological polar surface area (TPSA) is 89.0 Å². The lowest BCUT2D eigenvalue weighted by Crippen LogP contribution is -2.29. The number of ketones is 1. The average molecular weight is 549 g/mol. The van der Waals surface area contributed by atoms with Crippen LogP contribution in [0.4, 0.5) is 5.69 Å². The third-order valence-corrected chi connectivity index (χ3v) is 7.24. The second-order valence-electron chi connectivity index (χ2n) is 10.4. The quantitative estimate of drug-likeness (QED) is 0.149. The minimum Gasteiger partial charge on any atom is -0.507 e. The summed E-state index contributed by atoms with van der Waals surface area (Å²) in [5.41, 5.74) is 4.25. The Balaban J connectivity index is 1.61. The molecule has 1 fully saturated rings. The number of carbonyl (C=O) groups is 2. The molecule has 2 heterocycles. The lowest BCUT2D eigenvalue weighted by atomic mass is 9.91. The Morgan fingerprint density at radius 2 is 1.71 bits per heavy atom. The van der Waals surface area contributed by atoms with Crippen LogP contribution in [0, 0.1) is 13.8 Å². The normalized spacial score (nSPS) is 16.3. The van der Waals surface area contributed by atoms with E-state index in [0.29, 0.717) is 34.1 Å². The van der Waals surface area contributed by atoms with E-state index in [1.54, 1.807) is 55.9 Å². The van der Waals surface area contributed by atoms with Gasteiger partial charge in [-0.05, 0) is 96.6 Å². The van der Waals surface area contributed by atoms with E-state index in [9.17, 15) is 14.7 Å². The second kappa shape index (κ2) is 11.3. The van der Waals surface area contributed by atoms with E-state index in [0.717, 1.165) is 16.7 Å². The van der Waals surface area contributed by atoms with Gasteiger partial charge in [-0.2, -0.15) is 0 Å². The number of hydrogen-bond acceptors (Lipinski definition) is 6. The van der Waals surface area contributed by atoms with Crippen molar-refractivity contribution in [3.8, 4) is 17.2 Å². The van der Waals surface area contributed by atoms with Crippen LogP contribution < -0.4 is 14.4 Å². The standard InChI is InChI=1S/C34H32N2O5/c1-20(2)27-18-28(22(4)17-29(27)40-5)32(37)30-31(23-9-7-15-35-19-23)36(34(39)33(30)38)24-11-13-25(14-12-24)41-26-10-6-8-21(3)16-26/h6-20,31,37H,1-5H3/b32-30+. The van der Waals surface area contributed by atoms with Crippen LogP contribution in [0.5, 0.6) is 17.2 Å². The summed E-state index contributed by atoms with van der Waals surface area (Å²) in [7, 11) is 1.60. The Hall–Kier alpha value is -4.91. The molecule has 0 bridgehead atoms. The summed E-state index contributed by atoms with van der Waals surface area (Å²) < 4.78 is 11.5. The van der Waals surface area contributed by atoms with Crippen molar-refractivity contribution >= 4 is 23.1 Å². The minimum atomic E-state index is -0.878. The van der Waals surface area contributed by atoms with Crippen LogP contribution in [0.25, 0.3) is 5.76 Å². The molecular formula is C34H32N2O5. The number of ether oxygens (including phenoxy) is 2. The highest BCUT2D eigenvalue weighted by molar-refractivity contribution is 6.51.